The molecule has 0 fully saturated rings. The van der Waals surface area contributed by atoms with Crippen LogP contribution in [0.4, 0.5) is 5.69 Å². The minimum Gasteiger partial charge on any atom is -0.487 e. The molecule has 3 aromatic rings. The van der Waals surface area contributed by atoms with E-state index in [9.17, 15) is 4.79 Å². The molecule has 0 unspecified atom stereocenters. The molecule has 3 aromatic carbocycles. The lowest BCUT2D eigenvalue weighted by molar-refractivity contribution is -0.134. The first-order valence-electron chi connectivity index (χ1n) is 9.01. The lowest BCUT2D eigenvalue weighted by Crippen LogP contribution is -2.08. The van der Waals surface area contributed by atoms with Crippen LogP contribution in [0.25, 0.3) is 0 Å². The fraction of sp³-hybridized carbons (Fsp3) is 0.174. The van der Waals surface area contributed by atoms with E-state index in [0.717, 1.165) is 18.4 Å². The van der Waals surface area contributed by atoms with E-state index in [4.69, 9.17) is 15.2 Å². The molecule has 0 aromatic heterocycles. The molecule has 146 valence electrons. The Bertz CT molecular complexity index is 870. The molecule has 0 atom stereocenters. The monoisotopic (exact) mass is 397 g/mol. The van der Waals surface area contributed by atoms with Gasteiger partial charge in [-0.25, -0.2) is 0 Å². The molecule has 0 heterocycles. The van der Waals surface area contributed by atoms with E-state index in [2.05, 4.69) is 12.1 Å². The molecule has 0 bridgehead atoms. The van der Waals surface area contributed by atoms with Gasteiger partial charge in [0.1, 0.15) is 18.1 Å². The molecule has 28 heavy (non-hydrogen) atoms. The Morgan fingerprint density at radius 1 is 0.857 bits per heavy atom. The summed E-state index contributed by atoms with van der Waals surface area (Å²) >= 11 is 0. The van der Waals surface area contributed by atoms with Gasteiger partial charge in [0.2, 0.25) is 0 Å². The number of aryl methyl sites for hydroxylation is 1. The van der Waals surface area contributed by atoms with Crippen molar-refractivity contribution < 1.29 is 14.3 Å². The van der Waals surface area contributed by atoms with E-state index < -0.39 is 0 Å². The van der Waals surface area contributed by atoms with Crippen molar-refractivity contribution in [3.05, 3.63) is 90.0 Å². The SMILES string of the molecule is Cl.Nc1cc(OC(=O)CCCc2ccccc2)ccc1OCc1ccccc1. The second kappa shape index (κ2) is 11.0. The highest BCUT2D eigenvalue weighted by Gasteiger charge is 2.08. The molecule has 0 radical (unpaired) electrons. The van der Waals surface area contributed by atoms with Gasteiger partial charge in [0, 0.05) is 12.5 Å². The lowest BCUT2D eigenvalue weighted by Gasteiger charge is -2.11. The first-order valence-corrected chi connectivity index (χ1v) is 9.01. The molecule has 0 aliphatic rings. The number of rotatable bonds is 8. The van der Waals surface area contributed by atoms with Crippen LogP contribution < -0.4 is 15.2 Å². The summed E-state index contributed by atoms with van der Waals surface area (Å²) in [6.07, 6.45) is 1.96. The maximum Gasteiger partial charge on any atom is 0.311 e. The number of hydrogen-bond donors (Lipinski definition) is 1. The molecule has 0 saturated carbocycles. The zero-order chi connectivity index (χ0) is 18.9. The highest BCUT2D eigenvalue weighted by Crippen LogP contribution is 2.27. The van der Waals surface area contributed by atoms with Gasteiger partial charge >= 0.3 is 5.97 Å². The smallest absolute Gasteiger partial charge is 0.311 e. The number of nitrogens with two attached hydrogens (primary N) is 1. The van der Waals surface area contributed by atoms with Gasteiger partial charge in [-0.05, 0) is 36.1 Å². The Kier molecular flexibility index (Phi) is 8.37. The molecule has 4 nitrogen and oxygen atoms in total. The van der Waals surface area contributed by atoms with Crippen LogP contribution >= 0.6 is 12.4 Å². The van der Waals surface area contributed by atoms with Crippen molar-refractivity contribution in [1.29, 1.82) is 0 Å². The molecule has 2 N–H and O–H groups in total. The first-order chi connectivity index (χ1) is 13.2. The van der Waals surface area contributed by atoms with Gasteiger partial charge in [0.05, 0.1) is 5.69 Å². The Labute approximate surface area is 171 Å². The third-order valence-electron chi connectivity index (χ3n) is 4.14. The molecule has 0 saturated heterocycles. The normalized spacial score (nSPS) is 10.0. The Hall–Kier alpha value is -2.98. The van der Waals surface area contributed by atoms with E-state index in [1.165, 1.54) is 5.56 Å². The van der Waals surface area contributed by atoms with Gasteiger partial charge in [0.25, 0.3) is 0 Å². The quantitative estimate of drug-likeness (QED) is 0.322. The molecule has 0 amide bonds. The van der Waals surface area contributed by atoms with Crippen molar-refractivity contribution in [2.45, 2.75) is 25.9 Å². The summed E-state index contributed by atoms with van der Waals surface area (Å²) in [4.78, 5) is 12.0. The number of ether oxygens (including phenoxy) is 2. The zero-order valence-electron chi connectivity index (χ0n) is 15.5. The van der Waals surface area contributed by atoms with Crippen LogP contribution in [0, 0.1) is 0 Å². The standard InChI is InChI=1S/C23H23NO3.ClH/c24-21-16-20(14-15-22(21)26-17-19-10-5-2-6-11-19)27-23(25)13-7-12-18-8-3-1-4-9-18;/h1-6,8-11,14-16H,7,12-13,17,24H2;1H. The van der Waals surface area contributed by atoms with Crippen molar-refractivity contribution in [2.75, 3.05) is 5.73 Å². The minimum atomic E-state index is -0.261. The lowest BCUT2D eigenvalue weighted by atomic mass is 10.1. The van der Waals surface area contributed by atoms with Crippen LogP contribution in [0.15, 0.2) is 78.9 Å². The molecule has 3 rings (SSSR count). The zero-order valence-corrected chi connectivity index (χ0v) is 16.4. The van der Waals surface area contributed by atoms with Gasteiger partial charge in [-0.1, -0.05) is 60.7 Å². The minimum absolute atomic E-state index is 0. The predicted octanol–water partition coefficient (Wildman–Crippen LogP) is 5.20. The number of carbonyl (C=O) groups excluding carboxylic acids is 1. The van der Waals surface area contributed by atoms with E-state index >= 15 is 0 Å². The Balaban J connectivity index is 0.00000280. The summed E-state index contributed by atoms with van der Waals surface area (Å²) in [5.41, 5.74) is 8.74. The molecule has 0 aliphatic heterocycles. The van der Waals surface area contributed by atoms with E-state index in [-0.39, 0.29) is 18.4 Å². The van der Waals surface area contributed by atoms with Crippen LogP contribution in [-0.4, -0.2) is 5.97 Å². The van der Waals surface area contributed by atoms with E-state index in [1.54, 1.807) is 18.2 Å². The van der Waals surface area contributed by atoms with Gasteiger partial charge in [-0.3, -0.25) is 4.79 Å². The summed E-state index contributed by atoms with van der Waals surface area (Å²) in [6, 6.07) is 25.0. The summed E-state index contributed by atoms with van der Waals surface area (Å²) in [7, 11) is 0. The number of halogens is 1. The number of benzene rings is 3. The number of esters is 1. The molecule has 0 spiro atoms. The van der Waals surface area contributed by atoms with Crippen LogP contribution in [0.1, 0.15) is 24.0 Å². The van der Waals surface area contributed by atoms with Crippen molar-refractivity contribution in [1.82, 2.24) is 0 Å². The molecular weight excluding hydrogens is 374 g/mol. The van der Waals surface area contributed by atoms with Gasteiger partial charge in [-0.2, -0.15) is 0 Å². The third kappa shape index (κ3) is 6.63. The maximum absolute atomic E-state index is 12.0. The number of hydrogen-bond acceptors (Lipinski definition) is 4. The summed E-state index contributed by atoms with van der Waals surface area (Å²) < 4.78 is 11.1. The molecular formula is C23H24ClNO3. The number of carbonyl (C=O) groups is 1. The van der Waals surface area contributed by atoms with Crippen LogP contribution in [0.5, 0.6) is 11.5 Å². The van der Waals surface area contributed by atoms with Gasteiger partial charge in [0.15, 0.2) is 0 Å². The van der Waals surface area contributed by atoms with Gasteiger partial charge in [-0.15, -0.1) is 12.4 Å². The fourth-order valence-electron chi connectivity index (χ4n) is 2.72. The second-order valence-corrected chi connectivity index (χ2v) is 6.29. The average molecular weight is 398 g/mol. The summed E-state index contributed by atoms with van der Waals surface area (Å²) in [5.74, 6) is 0.746. The van der Waals surface area contributed by atoms with Gasteiger partial charge < -0.3 is 15.2 Å². The fourth-order valence-corrected chi connectivity index (χ4v) is 2.72. The van der Waals surface area contributed by atoms with Crippen molar-refractivity contribution >= 4 is 24.1 Å². The number of nitrogen functional groups attached to an aromatic ring is 1. The highest BCUT2D eigenvalue weighted by molar-refractivity contribution is 5.85. The number of anilines is 1. The van der Waals surface area contributed by atoms with Crippen molar-refractivity contribution in [2.24, 2.45) is 0 Å². The average Bonchev–Trinajstić information content (AvgIpc) is 2.69. The first kappa shape index (κ1) is 21.3. The molecule has 5 heteroatoms. The van der Waals surface area contributed by atoms with Crippen LogP contribution in [0.3, 0.4) is 0 Å². The predicted molar refractivity (Wildman–Crippen MR) is 114 cm³/mol. The summed E-state index contributed by atoms with van der Waals surface area (Å²) in [5, 5.41) is 0. The molecule has 0 aliphatic carbocycles. The highest BCUT2D eigenvalue weighted by atomic mass is 35.5. The Morgan fingerprint density at radius 3 is 2.14 bits per heavy atom. The largest absolute Gasteiger partial charge is 0.487 e. The van der Waals surface area contributed by atoms with E-state index in [0.29, 0.717) is 30.2 Å². The van der Waals surface area contributed by atoms with Crippen molar-refractivity contribution in [3.63, 3.8) is 0 Å². The third-order valence-corrected chi connectivity index (χ3v) is 4.14. The summed E-state index contributed by atoms with van der Waals surface area (Å²) in [6.45, 7) is 0.434. The maximum atomic E-state index is 12.0. The Morgan fingerprint density at radius 2 is 1.50 bits per heavy atom. The van der Waals surface area contributed by atoms with Crippen LogP contribution in [0.2, 0.25) is 0 Å². The van der Waals surface area contributed by atoms with E-state index in [1.807, 2.05) is 48.5 Å². The second-order valence-electron chi connectivity index (χ2n) is 6.29. The van der Waals surface area contributed by atoms with Crippen LogP contribution in [-0.2, 0) is 17.8 Å². The topological polar surface area (TPSA) is 61.5 Å². The van der Waals surface area contributed by atoms with Crippen molar-refractivity contribution in [3.8, 4) is 11.5 Å².